The summed E-state index contributed by atoms with van der Waals surface area (Å²) in [5, 5.41) is 7.12. The summed E-state index contributed by atoms with van der Waals surface area (Å²) in [5.41, 5.74) is 0. The standard InChI is InChI=1S/C15H35N4.C2HF3O2.U/c1-8-19(6,7)15-14-18(13-12-17(4)5)11-9-10-16(2)3;3-2(4,5)1(6)7;/h8-9H,10-15H2,1-7H3;(H,6,7);/q-1;;+4. The zero-order valence-corrected chi connectivity index (χ0v) is 21.8. The summed E-state index contributed by atoms with van der Waals surface area (Å²) in [7, 11) is 13.0. The van der Waals surface area contributed by atoms with Crippen LogP contribution in [0.2, 0.25) is 0 Å². The Kier molecular flexibility index (Phi) is 18.9. The molecule has 0 radical (unpaired) electrons. The van der Waals surface area contributed by atoms with E-state index in [9.17, 15) is 13.2 Å². The summed E-state index contributed by atoms with van der Waals surface area (Å²) < 4.78 is 32.7. The van der Waals surface area contributed by atoms with E-state index >= 15 is 0 Å². The van der Waals surface area contributed by atoms with Crippen LogP contribution in [0.25, 0.3) is 0 Å². The minimum Gasteiger partial charge on any atom is -0.475 e. The molecule has 0 rings (SSSR count). The van der Waals surface area contributed by atoms with E-state index in [1.807, 2.05) is 0 Å². The molecule has 0 bridgehead atoms. The van der Waals surface area contributed by atoms with Crippen LogP contribution in [-0.2, 0) is 4.79 Å². The number of hydrogen-bond donors (Lipinski definition) is 1. The van der Waals surface area contributed by atoms with Crippen LogP contribution in [0.3, 0.4) is 0 Å². The van der Waals surface area contributed by atoms with Crippen molar-refractivity contribution in [2.45, 2.75) is 13.1 Å². The summed E-state index contributed by atoms with van der Waals surface area (Å²) >= 11 is 0. The van der Waals surface area contributed by atoms with Gasteiger partial charge in [0.15, 0.2) is 0 Å². The Morgan fingerprint density at radius 1 is 1.00 bits per heavy atom. The zero-order valence-electron chi connectivity index (χ0n) is 17.7. The largest absolute Gasteiger partial charge is 4.00 e. The van der Waals surface area contributed by atoms with Crippen molar-refractivity contribution in [3.05, 3.63) is 13.0 Å². The van der Waals surface area contributed by atoms with Crippen LogP contribution < -0.4 is 0 Å². The van der Waals surface area contributed by atoms with Crippen molar-refractivity contribution < 1.29 is 58.7 Å². The molecule has 0 heterocycles. The van der Waals surface area contributed by atoms with Gasteiger partial charge >= 0.3 is 43.3 Å². The summed E-state index contributed by atoms with van der Waals surface area (Å²) in [4.78, 5) is 15.9. The van der Waals surface area contributed by atoms with Gasteiger partial charge in [0, 0.05) is 33.7 Å². The number of hydrogen-bond acceptors (Lipinski definition) is 4. The first-order valence-corrected chi connectivity index (χ1v) is 8.48. The van der Waals surface area contributed by atoms with Crippen molar-refractivity contribution in [3.63, 3.8) is 0 Å². The molecular formula is C17H36F3N4O2U+3. The minimum absolute atomic E-state index is 0. The van der Waals surface area contributed by atoms with Gasteiger partial charge in [-0.25, -0.2) is 4.79 Å². The topological polar surface area (TPSA) is 47.0 Å². The predicted octanol–water partition coefficient (Wildman–Crippen LogP) is 1.51. The quantitative estimate of drug-likeness (QED) is 0.280. The Labute approximate surface area is 186 Å². The summed E-state index contributed by atoms with van der Waals surface area (Å²) in [6.07, 6.45) is -2.72. The third-order valence-electron chi connectivity index (χ3n) is 3.68. The number of carbonyl (C=O) groups is 1. The molecule has 0 aliphatic carbocycles. The van der Waals surface area contributed by atoms with Crippen LogP contribution in [0, 0.1) is 44.1 Å². The number of quaternary nitrogens is 1. The number of carboxylic acids is 1. The van der Waals surface area contributed by atoms with E-state index in [0.29, 0.717) is 0 Å². The summed E-state index contributed by atoms with van der Waals surface area (Å²) in [6, 6.07) is 0. The van der Waals surface area contributed by atoms with Gasteiger partial charge < -0.3 is 30.7 Å². The van der Waals surface area contributed by atoms with E-state index in [0.717, 1.165) is 37.2 Å². The fourth-order valence-corrected chi connectivity index (χ4v) is 1.66. The Morgan fingerprint density at radius 2 is 1.48 bits per heavy atom. The minimum atomic E-state index is -5.08. The van der Waals surface area contributed by atoms with Crippen molar-refractivity contribution in [1.82, 2.24) is 14.7 Å². The molecule has 10 heteroatoms. The van der Waals surface area contributed by atoms with E-state index < -0.39 is 12.1 Å². The van der Waals surface area contributed by atoms with Gasteiger partial charge in [-0.2, -0.15) is 13.2 Å². The van der Waals surface area contributed by atoms with Crippen LogP contribution in [0.4, 0.5) is 13.2 Å². The molecule has 6 nitrogen and oxygen atoms in total. The van der Waals surface area contributed by atoms with Crippen LogP contribution >= 0.6 is 0 Å². The molecule has 158 valence electrons. The molecular weight excluding hydrogens is 587 g/mol. The molecule has 0 amide bonds. The van der Waals surface area contributed by atoms with Crippen molar-refractivity contribution in [2.24, 2.45) is 0 Å². The van der Waals surface area contributed by atoms with Gasteiger partial charge in [-0.1, -0.05) is 0 Å². The number of halogens is 3. The number of alkyl halides is 3. The molecule has 0 aromatic heterocycles. The first-order valence-electron chi connectivity index (χ1n) is 8.48. The number of carboxylic acid groups (broad SMARTS) is 1. The second-order valence-corrected chi connectivity index (χ2v) is 7.22. The van der Waals surface area contributed by atoms with E-state index in [4.69, 9.17) is 9.90 Å². The van der Waals surface area contributed by atoms with Crippen molar-refractivity contribution in [2.75, 3.05) is 81.6 Å². The maximum absolute atomic E-state index is 10.6. The number of aliphatic carboxylic acids is 1. The van der Waals surface area contributed by atoms with Crippen molar-refractivity contribution in [3.8, 4) is 0 Å². The third kappa shape index (κ3) is 22.3. The maximum Gasteiger partial charge on any atom is 4.00 e. The molecule has 0 saturated heterocycles. The van der Waals surface area contributed by atoms with Crippen molar-refractivity contribution >= 4 is 5.97 Å². The fourth-order valence-electron chi connectivity index (χ4n) is 1.66. The Morgan fingerprint density at radius 3 is 1.81 bits per heavy atom. The Balaban J connectivity index is -0.000000612. The zero-order chi connectivity index (χ0) is 21.0. The molecule has 0 atom stereocenters. The molecule has 0 aliphatic rings. The maximum atomic E-state index is 10.6. The average molecular weight is 624 g/mol. The third-order valence-corrected chi connectivity index (χ3v) is 3.68. The fraction of sp³-hybridized carbons (Fsp3) is 0.824. The number of likely N-dealkylation sites (N-methyl/N-ethyl adjacent to an activating group) is 2. The number of nitrogens with zero attached hydrogens (tertiary/aromatic N) is 4. The summed E-state index contributed by atoms with van der Waals surface area (Å²) in [6.45, 7) is 11.1. The van der Waals surface area contributed by atoms with Crippen molar-refractivity contribution in [1.29, 1.82) is 0 Å². The summed E-state index contributed by atoms with van der Waals surface area (Å²) in [5.74, 6) is -2.76. The van der Waals surface area contributed by atoms with Gasteiger partial charge in [0.05, 0.1) is 6.54 Å². The number of rotatable bonds is 11. The molecule has 0 fully saturated rings. The molecule has 0 aromatic rings. The van der Waals surface area contributed by atoms with Gasteiger partial charge in [0.1, 0.15) is 0 Å². The smallest absolute Gasteiger partial charge is 0.475 e. The monoisotopic (exact) mass is 623 g/mol. The van der Waals surface area contributed by atoms with Gasteiger partial charge in [-0.3, -0.25) is 0 Å². The second-order valence-electron chi connectivity index (χ2n) is 7.22. The molecule has 0 saturated carbocycles. The Hall–Kier alpha value is 0.152. The SMILES string of the molecule is C[CH-][N+](C)(C)CCN(C[CH-]CN(C)C)CCN(C)C.O=C(O)C(F)(F)F.[U+4]. The molecule has 1 N–H and O–H groups in total. The molecule has 0 spiro atoms. The first-order chi connectivity index (χ1) is 11.7. The second kappa shape index (κ2) is 16.0. The molecule has 27 heavy (non-hydrogen) atoms. The van der Waals surface area contributed by atoms with Gasteiger partial charge in [0.2, 0.25) is 0 Å². The van der Waals surface area contributed by atoms with Gasteiger partial charge in [0.25, 0.3) is 0 Å². The Bertz CT molecular complexity index is 382. The van der Waals surface area contributed by atoms with Crippen LogP contribution in [0.15, 0.2) is 0 Å². The van der Waals surface area contributed by atoms with Crippen LogP contribution in [0.1, 0.15) is 6.92 Å². The van der Waals surface area contributed by atoms with E-state index in [1.165, 1.54) is 6.54 Å². The van der Waals surface area contributed by atoms with E-state index in [1.54, 1.807) is 0 Å². The van der Waals surface area contributed by atoms with Crippen LogP contribution in [-0.4, -0.2) is 118 Å². The molecule has 0 aliphatic heterocycles. The molecule has 0 unspecified atom stereocenters. The first kappa shape index (κ1) is 31.8. The predicted molar refractivity (Wildman–Crippen MR) is 98.5 cm³/mol. The average Bonchev–Trinajstić information content (AvgIpc) is 2.48. The van der Waals surface area contributed by atoms with E-state index in [2.05, 4.69) is 76.9 Å². The van der Waals surface area contributed by atoms with Gasteiger partial charge in [-0.05, 0) is 28.2 Å². The van der Waals surface area contributed by atoms with E-state index in [-0.39, 0.29) is 31.1 Å². The molecule has 0 aromatic carbocycles. The van der Waals surface area contributed by atoms with Gasteiger partial charge in [-0.15, -0.1) is 26.6 Å². The normalized spacial score (nSPS) is 12.0. The van der Waals surface area contributed by atoms with Crippen LogP contribution in [0.5, 0.6) is 0 Å².